The number of rotatable bonds is 3. The molecule has 2 aromatic rings. The molecule has 0 radical (unpaired) electrons. The van der Waals surface area contributed by atoms with Crippen molar-refractivity contribution in [1.82, 2.24) is 9.55 Å². The fraction of sp³-hybridized carbons (Fsp3) is 0.0909. The van der Waals surface area contributed by atoms with Crippen molar-refractivity contribution in [3.05, 3.63) is 54.6 Å². The van der Waals surface area contributed by atoms with Gasteiger partial charge in [-0.2, -0.15) is 0 Å². The van der Waals surface area contributed by atoms with Gasteiger partial charge in [0.15, 0.2) is 6.04 Å². The molecule has 0 aliphatic heterocycles. The number of carboxylic acid groups (broad SMARTS) is 1. The van der Waals surface area contributed by atoms with E-state index in [2.05, 4.69) is 4.98 Å². The number of aliphatic carboxylic acids is 1. The Kier molecular flexibility index (Phi) is 2.49. The van der Waals surface area contributed by atoms with Crippen LogP contribution in [0.3, 0.4) is 0 Å². The molecule has 4 nitrogen and oxygen atoms in total. The Bertz CT molecular complexity index is 437. The van der Waals surface area contributed by atoms with Crippen LogP contribution in [0.15, 0.2) is 49.1 Å². The highest BCUT2D eigenvalue weighted by Gasteiger charge is 2.20. The van der Waals surface area contributed by atoms with Gasteiger partial charge >= 0.3 is 5.97 Å². The number of aromatic nitrogens is 2. The van der Waals surface area contributed by atoms with Crippen molar-refractivity contribution in [2.75, 3.05) is 0 Å². The summed E-state index contributed by atoms with van der Waals surface area (Å²) in [5.41, 5.74) is 0.668. The van der Waals surface area contributed by atoms with Crippen LogP contribution in [0.25, 0.3) is 0 Å². The molecular weight excluding hydrogens is 192 g/mol. The summed E-state index contributed by atoms with van der Waals surface area (Å²) in [4.78, 5) is 15.1. The second kappa shape index (κ2) is 3.96. The third kappa shape index (κ3) is 1.88. The molecule has 2 aromatic heterocycles. The van der Waals surface area contributed by atoms with Gasteiger partial charge < -0.3 is 9.67 Å². The summed E-state index contributed by atoms with van der Waals surface area (Å²) >= 11 is 0. The monoisotopic (exact) mass is 202 g/mol. The summed E-state index contributed by atoms with van der Waals surface area (Å²) < 4.78 is 1.64. The summed E-state index contributed by atoms with van der Waals surface area (Å²) in [5.74, 6) is -0.890. The zero-order valence-electron chi connectivity index (χ0n) is 7.95. The molecule has 0 aromatic carbocycles. The highest BCUT2D eigenvalue weighted by molar-refractivity contribution is 5.75. The van der Waals surface area contributed by atoms with E-state index in [1.807, 2.05) is 0 Å². The van der Waals surface area contributed by atoms with Crippen molar-refractivity contribution in [1.29, 1.82) is 0 Å². The number of hydrogen-bond donors (Lipinski definition) is 1. The first-order valence-electron chi connectivity index (χ1n) is 4.54. The van der Waals surface area contributed by atoms with Gasteiger partial charge in [-0.1, -0.05) is 6.07 Å². The van der Waals surface area contributed by atoms with Gasteiger partial charge in [0.25, 0.3) is 0 Å². The standard InChI is InChI=1S/C11H10N2O2/c14-11(15)10(13-6-1-2-7-13)9-4-3-5-12-8-9/h1-8,10H,(H,14,15)/t10-/m0/s1. The molecular formula is C11H10N2O2. The first kappa shape index (κ1) is 9.45. The van der Waals surface area contributed by atoms with Crippen LogP contribution in [0.2, 0.25) is 0 Å². The van der Waals surface area contributed by atoms with E-state index in [9.17, 15) is 4.79 Å². The Hall–Kier alpha value is -2.10. The Morgan fingerprint density at radius 3 is 2.60 bits per heavy atom. The van der Waals surface area contributed by atoms with Crippen LogP contribution in [0.5, 0.6) is 0 Å². The molecule has 0 unspecified atom stereocenters. The lowest BCUT2D eigenvalue weighted by atomic mass is 10.1. The van der Waals surface area contributed by atoms with E-state index in [0.717, 1.165) is 0 Å². The second-order valence-corrected chi connectivity index (χ2v) is 3.16. The average molecular weight is 202 g/mol. The van der Waals surface area contributed by atoms with Gasteiger partial charge in [0.1, 0.15) is 0 Å². The molecule has 0 amide bonds. The Morgan fingerprint density at radius 2 is 2.07 bits per heavy atom. The highest BCUT2D eigenvalue weighted by atomic mass is 16.4. The molecule has 0 saturated carbocycles. The molecule has 0 spiro atoms. The fourth-order valence-corrected chi connectivity index (χ4v) is 1.50. The Morgan fingerprint density at radius 1 is 1.33 bits per heavy atom. The minimum absolute atomic E-state index is 0.668. The molecule has 2 rings (SSSR count). The van der Waals surface area contributed by atoms with Crippen LogP contribution >= 0.6 is 0 Å². The van der Waals surface area contributed by atoms with Crippen LogP contribution < -0.4 is 0 Å². The number of carboxylic acids is 1. The van der Waals surface area contributed by atoms with Crippen molar-refractivity contribution in [2.45, 2.75) is 6.04 Å². The van der Waals surface area contributed by atoms with E-state index in [1.54, 1.807) is 53.6 Å². The molecule has 0 saturated heterocycles. The first-order chi connectivity index (χ1) is 7.29. The van der Waals surface area contributed by atoms with Gasteiger partial charge in [0, 0.05) is 30.4 Å². The molecule has 4 heteroatoms. The van der Waals surface area contributed by atoms with Gasteiger partial charge in [-0.3, -0.25) is 4.98 Å². The SMILES string of the molecule is O=C(O)[C@H](c1cccnc1)n1cccc1. The summed E-state index contributed by atoms with van der Waals surface area (Å²) in [6, 6.07) is 6.38. The Labute approximate surface area is 86.8 Å². The van der Waals surface area contributed by atoms with E-state index in [4.69, 9.17) is 5.11 Å². The lowest BCUT2D eigenvalue weighted by molar-refractivity contribution is -0.139. The fourth-order valence-electron chi connectivity index (χ4n) is 1.50. The van der Waals surface area contributed by atoms with Gasteiger partial charge in [-0.05, 0) is 18.2 Å². The van der Waals surface area contributed by atoms with E-state index in [1.165, 1.54) is 0 Å². The summed E-state index contributed by atoms with van der Waals surface area (Å²) in [5, 5.41) is 9.15. The molecule has 76 valence electrons. The van der Waals surface area contributed by atoms with Crippen LogP contribution in [-0.2, 0) is 4.79 Å². The Balaban J connectivity index is 2.42. The molecule has 0 bridgehead atoms. The zero-order chi connectivity index (χ0) is 10.7. The molecule has 1 N–H and O–H groups in total. The molecule has 0 aliphatic rings. The van der Waals surface area contributed by atoms with Gasteiger partial charge in [0.05, 0.1) is 0 Å². The van der Waals surface area contributed by atoms with E-state index >= 15 is 0 Å². The first-order valence-corrected chi connectivity index (χ1v) is 4.54. The predicted octanol–water partition coefficient (Wildman–Crippen LogP) is 1.56. The van der Waals surface area contributed by atoms with Gasteiger partial charge in [-0.25, -0.2) is 4.79 Å². The third-order valence-corrected chi connectivity index (χ3v) is 2.16. The summed E-state index contributed by atoms with van der Waals surface area (Å²) in [6.07, 6.45) is 6.65. The lowest BCUT2D eigenvalue weighted by Gasteiger charge is -2.13. The maximum Gasteiger partial charge on any atom is 0.331 e. The normalized spacial score (nSPS) is 12.3. The van der Waals surface area contributed by atoms with E-state index in [-0.39, 0.29) is 0 Å². The van der Waals surface area contributed by atoms with Crippen molar-refractivity contribution in [3.63, 3.8) is 0 Å². The van der Waals surface area contributed by atoms with Crippen molar-refractivity contribution >= 4 is 5.97 Å². The third-order valence-electron chi connectivity index (χ3n) is 2.16. The number of pyridine rings is 1. The quantitative estimate of drug-likeness (QED) is 0.821. The van der Waals surface area contributed by atoms with Crippen LogP contribution in [0, 0.1) is 0 Å². The molecule has 15 heavy (non-hydrogen) atoms. The largest absolute Gasteiger partial charge is 0.479 e. The topological polar surface area (TPSA) is 55.1 Å². The predicted molar refractivity (Wildman–Crippen MR) is 54.4 cm³/mol. The zero-order valence-corrected chi connectivity index (χ0v) is 7.95. The van der Waals surface area contributed by atoms with Crippen molar-refractivity contribution in [3.8, 4) is 0 Å². The van der Waals surface area contributed by atoms with Gasteiger partial charge in [0.2, 0.25) is 0 Å². The summed E-state index contributed by atoms with van der Waals surface area (Å²) in [7, 11) is 0. The van der Waals surface area contributed by atoms with Gasteiger partial charge in [-0.15, -0.1) is 0 Å². The molecule has 0 fully saturated rings. The maximum absolute atomic E-state index is 11.1. The van der Waals surface area contributed by atoms with Crippen LogP contribution in [0.4, 0.5) is 0 Å². The molecule has 0 aliphatic carbocycles. The van der Waals surface area contributed by atoms with Crippen molar-refractivity contribution in [2.24, 2.45) is 0 Å². The second-order valence-electron chi connectivity index (χ2n) is 3.16. The lowest BCUT2D eigenvalue weighted by Crippen LogP contribution is -2.19. The number of nitrogens with zero attached hydrogens (tertiary/aromatic N) is 2. The van der Waals surface area contributed by atoms with E-state index in [0.29, 0.717) is 5.56 Å². The van der Waals surface area contributed by atoms with Crippen LogP contribution in [-0.4, -0.2) is 20.6 Å². The minimum atomic E-state index is -0.890. The molecule has 2 heterocycles. The highest BCUT2D eigenvalue weighted by Crippen LogP contribution is 2.17. The maximum atomic E-state index is 11.1. The van der Waals surface area contributed by atoms with E-state index < -0.39 is 12.0 Å². The van der Waals surface area contributed by atoms with Crippen molar-refractivity contribution < 1.29 is 9.90 Å². The average Bonchev–Trinajstić information content (AvgIpc) is 2.72. The number of hydrogen-bond acceptors (Lipinski definition) is 2. The summed E-state index contributed by atoms with van der Waals surface area (Å²) in [6.45, 7) is 0. The minimum Gasteiger partial charge on any atom is -0.479 e. The smallest absolute Gasteiger partial charge is 0.331 e. The molecule has 1 atom stereocenters. The van der Waals surface area contributed by atoms with Crippen LogP contribution in [0.1, 0.15) is 11.6 Å². The number of carbonyl (C=O) groups is 1.